The van der Waals surface area contributed by atoms with Crippen LogP contribution < -0.4 is 42.2 Å². The molecule has 0 spiro atoms. The summed E-state index contributed by atoms with van der Waals surface area (Å²) in [6, 6.07) is 47.2. The van der Waals surface area contributed by atoms with Crippen LogP contribution in [0.2, 0.25) is 15.1 Å². The Labute approximate surface area is 820 Å². The molecule has 1 aliphatic heterocycles. The van der Waals surface area contributed by atoms with E-state index in [-0.39, 0.29) is 58.3 Å². The van der Waals surface area contributed by atoms with Gasteiger partial charge in [0.2, 0.25) is 29.5 Å². The minimum Gasteiger partial charge on any atom is -0.768 e. The van der Waals surface area contributed by atoms with Crippen molar-refractivity contribution in [1.82, 2.24) is 64.6 Å². The van der Waals surface area contributed by atoms with Crippen LogP contribution in [0.3, 0.4) is 0 Å². The Morgan fingerprint density at radius 3 is 1.33 bits per heavy atom. The van der Waals surface area contributed by atoms with E-state index < -0.39 is 50.0 Å². The van der Waals surface area contributed by atoms with Crippen molar-refractivity contribution in [3.8, 4) is 39.9 Å². The molecule has 0 bridgehead atoms. The predicted octanol–water partition coefficient (Wildman–Crippen LogP) is 19.2. The summed E-state index contributed by atoms with van der Waals surface area (Å²) in [6.07, 6.45) is 14.5. The van der Waals surface area contributed by atoms with E-state index in [1.807, 2.05) is 122 Å². The number of sulfone groups is 2. The minimum absolute atomic E-state index is 0.0545. The van der Waals surface area contributed by atoms with Gasteiger partial charge in [0.25, 0.3) is 0 Å². The van der Waals surface area contributed by atoms with E-state index in [4.69, 9.17) is 80.5 Å². The molecule has 3 fully saturated rings. The molecule has 8 heterocycles. The second-order valence-electron chi connectivity index (χ2n) is 33.8. The second-order valence-corrected chi connectivity index (χ2v) is 41.7. The molecule has 17 rings (SSSR count). The van der Waals surface area contributed by atoms with Crippen molar-refractivity contribution < 1.29 is 57.9 Å². The summed E-state index contributed by atoms with van der Waals surface area (Å²) in [5.74, 6) is 1.83. The van der Waals surface area contributed by atoms with Crippen LogP contribution in [0.15, 0.2) is 206 Å². The molecule has 1 saturated heterocycles. The van der Waals surface area contributed by atoms with Crippen molar-refractivity contribution in [3.05, 3.63) is 252 Å². The number of hydrogen-bond acceptors (Lipinski definition) is 28. The molecule has 2 saturated carbocycles. The number of halogens is 7. The number of nitrogen functional groups attached to an aromatic ring is 2. The average Bonchev–Trinajstić information content (AvgIpc) is 1.73. The highest BCUT2D eigenvalue weighted by Crippen LogP contribution is 2.40. The van der Waals surface area contributed by atoms with Gasteiger partial charge in [0.15, 0.2) is 19.7 Å². The van der Waals surface area contributed by atoms with Gasteiger partial charge >= 0.3 is 19.3 Å². The molecule has 28 nitrogen and oxygen atoms in total. The van der Waals surface area contributed by atoms with E-state index in [2.05, 4.69) is 125 Å². The molecule has 7 aromatic carbocycles. The Hall–Kier alpha value is -10.3. The van der Waals surface area contributed by atoms with Gasteiger partial charge in [0.05, 0.1) is 102 Å². The highest BCUT2D eigenvalue weighted by atomic mass is 79.9. The Balaban J connectivity index is 0.000000162. The van der Waals surface area contributed by atoms with Crippen LogP contribution in [0.5, 0.6) is 17.6 Å². The van der Waals surface area contributed by atoms with Gasteiger partial charge in [0.1, 0.15) is 5.82 Å². The number of methoxy groups -OCH3 is 3. The van der Waals surface area contributed by atoms with Crippen molar-refractivity contribution in [1.29, 1.82) is 0 Å². The number of nitrogens with one attached hydrogen (secondary N) is 1. The van der Waals surface area contributed by atoms with Gasteiger partial charge in [0, 0.05) is 101 Å². The lowest BCUT2D eigenvalue weighted by Gasteiger charge is -2.32. The van der Waals surface area contributed by atoms with E-state index in [0.29, 0.717) is 81.0 Å². The van der Waals surface area contributed by atoms with Crippen LogP contribution >= 0.6 is 66.7 Å². The molecule has 1 unspecified atom stereocenters. The van der Waals surface area contributed by atoms with Crippen LogP contribution in [0.25, 0.3) is 65.9 Å². The van der Waals surface area contributed by atoms with E-state index in [9.17, 15) is 34.4 Å². The van der Waals surface area contributed by atoms with Gasteiger partial charge in [-0.3, -0.25) is 4.21 Å². The summed E-state index contributed by atoms with van der Waals surface area (Å²) in [5.41, 5.74) is 27.4. The average molecular weight is 2090 g/mol. The van der Waals surface area contributed by atoms with Crippen molar-refractivity contribution in [2.24, 2.45) is 5.73 Å². The number of aryl methyl sites for hydroxylation is 4. The van der Waals surface area contributed by atoms with Crippen molar-refractivity contribution in [2.75, 3.05) is 66.3 Å². The van der Waals surface area contributed by atoms with Crippen molar-refractivity contribution >= 4 is 171 Å². The smallest absolute Gasteiger partial charge is 0.500 e. The number of anilines is 3. The standard InChI is InChI=1S/C30H34ClN5O3S.C22H17ClFN3O3S.C12H19BN2O3.C9H6BrFN2.C9H8BrN3.C8H18N2.C6H5ClO2S/c1-19-15-20(16-21-17-32-30(35-28(19)21)34-22-9-12-24(13-10-22)36(2)3)25-14-11-23(33-29(25)39-4)18-40(37,38)27-8-6-5-7-26(27)31;1-13-9-14(10-15-11-25-22(24)27-20(13)15)17-8-7-16(26-21(17)30-2)12-31(28,29)19-6-4-3-5-18(19)23;1-11(2)12(3,4)18-13(17-11)8-6-7-9(14)15-10(8)16-5;2*1-5-2-7(10)3-6-4-12-9(11)13-8(5)6;1-10(2)8-5-3-7(9)4-6-8;7-5-3-1-2-4-6(5)10(8)9/h5-8,11,14-17,22,24H,9-10,12-13,18H2,1-4H3,(H,32,34,35);3-11H,12H2,1-2H3;6-7H,1-5H3,(H2,14,15);2-4H,1H3;2-4H,1H3,(H2,11,12,13);7-8H,3-6,9H2,1-2H3;1-4H,(H,8,9)/p-1. The largest absolute Gasteiger partial charge is 0.768 e. The summed E-state index contributed by atoms with van der Waals surface area (Å²) in [5, 5.41) is 7.57. The highest BCUT2D eigenvalue weighted by Gasteiger charge is 2.53. The van der Waals surface area contributed by atoms with Gasteiger partial charge in [-0.2, -0.15) is 13.8 Å². The minimum atomic E-state index is -3.69. The topological polar surface area (TPSA) is 393 Å². The van der Waals surface area contributed by atoms with Crippen LogP contribution in [-0.4, -0.2) is 182 Å². The molecule has 3 aliphatic rings. The van der Waals surface area contributed by atoms with Crippen LogP contribution in [0.4, 0.5) is 26.5 Å². The first-order valence-corrected chi connectivity index (χ1v) is 49.9. The fraction of sp³-hybridized carbons (Fsp3) is 0.323. The number of pyridine rings is 3. The zero-order valence-electron chi connectivity index (χ0n) is 77.2. The lowest BCUT2D eigenvalue weighted by molar-refractivity contribution is 0.00578. The van der Waals surface area contributed by atoms with Gasteiger partial charge in [-0.05, 0) is 295 Å². The maximum absolute atomic E-state index is 13.4. The fourth-order valence-electron chi connectivity index (χ4n) is 15.3. The summed E-state index contributed by atoms with van der Waals surface area (Å²) in [7, 11) is 5.29. The normalized spacial score (nSPS) is 16.3. The number of rotatable bonds is 17. The Morgan fingerprint density at radius 2 is 0.904 bits per heavy atom. The third-order valence-corrected chi connectivity index (χ3v) is 29.5. The predicted molar refractivity (Wildman–Crippen MR) is 538 cm³/mol. The van der Waals surface area contributed by atoms with Crippen LogP contribution in [0, 0.1) is 39.9 Å². The summed E-state index contributed by atoms with van der Waals surface area (Å²) in [6.45, 7) is 15.7. The number of ether oxygens (including phenoxy) is 3. The number of benzene rings is 7. The zero-order valence-corrected chi connectivity index (χ0v) is 85.1. The SMILES string of the molecule is CN(C)C1CCC(N)CC1.COc1nc(CS(=O)(=O)c2ccccc2Cl)ccc1-c1cc(C)c2nc(F)ncc2c1.COc1nc(CS(=O)(=O)c2ccccc2Cl)ccc1-c1cc(C)c2nc(NC3CCC(N(C)C)CC3)ncc2c1.COc1nc(N)ccc1B1OC(C)(C)C(C)(C)O1.Cc1cc(Br)cc2cnc(F)nc12.Cc1cc(Br)cc2cnc(N)nc12.O=S([O-])c1ccccc1Cl. The fourth-order valence-corrected chi connectivity index (χ4v) is 20.9. The lowest BCUT2D eigenvalue weighted by atomic mass is 9.79. The highest BCUT2D eigenvalue weighted by molar-refractivity contribution is 9.10. The number of hydrogen-bond donors (Lipinski definition) is 4. The molecule has 0 radical (unpaired) electrons. The maximum Gasteiger partial charge on any atom is 0.500 e. The molecule has 7 N–H and O–H groups in total. The number of aromatic nitrogens is 11. The van der Waals surface area contributed by atoms with Gasteiger partial charge in [-0.1, -0.05) is 109 Å². The molecule has 39 heteroatoms. The summed E-state index contributed by atoms with van der Waals surface area (Å²) in [4.78, 5) is 50.2. The van der Waals surface area contributed by atoms with E-state index >= 15 is 0 Å². The number of nitrogens with two attached hydrogens (primary N) is 3. The molecule has 712 valence electrons. The third kappa shape index (κ3) is 27.8. The van der Waals surface area contributed by atoms with Gasteiger partial charge in [-0.15, -0.1) is 0 Å². The molecule has 0 amide bonds. The molecular weight excluding hydrogens is 1980 g/mol. The number of fused-ring (bicyclic) bond motifs is 4. The Kier molecular flexibility index (Phi) is 36.4. The monoisotopic (exact) mass is 2080 g/mol. The first-order valence-electron chi connectivity index (χ1n) is 42.8. The summed E-state index contributed by atoms with van der Waals surface area (Å²) >= 11 is 22.3. The van der Waals surface area contributed by atoms with Crippen LogP contribution in [0.1, 0.15) is 113 Å². The third-order valence-electron chi connectivity index (χ3n) is 23.1. The van der Waals surface area contributed by atoms with Crippen molar-refractivity contribution in [3.63, 3.8) is 0 Å². The molecule has 14 aromatic rings. The molecule has 7 aromatic heterocycles. The Morgan fingerprint density at radius 1 is 0.504 bits per heavy atom. The Bertz CT molecular complexity index is 6740. The van der Waals surface area contributed by atoms with Gasteiger partial charge < -0.3 is 60.4 Å². The molecule has 2 aliphatic carbocycles. The molecule has 135 heavy (non-hydrogen) atoms. The summed E-state index contributed by atoms with van der Waals surface area (Å²) < 4.78 is 128. The molecular formula is C96H106BBr2Cl3F2N17O11S3-. The van der Waals surface area contributed by atoms with Crippen LogP contribution in [-0.2, 0) is 51.6 Å². The maximum atomic E-state index is 13.4. The zero-order chi connectivity index (χ0) is 98.1. The van der Waals surface area contributed by atoms with E-state index in [0.717, 1.165) is 99.4 Å². The van der Waals surface area contributed by atoms with Crippen molar-refractivity contribution in [2.45, 2.75) is 168 Å². The lowest BCUT2D eigenvalue weighted by Crippen LogP contribution is -2.41. The van der Waals surface area contributed by atoms with E-state index in [1.54, 1.807) is 80.0 Å². The van der Waals surface area contributed by atoms with E-state index in [1.165, 1.54) is 95.5 Å². The number of nitrogens with zero attached hydrogens (tertiary/aromatic N) is 13. The first-order chi connectivity index (χ1) is 63.9. The first kappa shape index (κ1) is 105. The quantitative estimate of drug-likeness (QED) is 0.0374. The second kappa shape index (κ2) is 46.7. The van der Waals surface area contributed by atoms with Gasteiger partial charge in [-0.25, -0.2) is 66.7 Å². The molecule has 1 atom stereocenters.